The molecular weight excluding hydrogens is 272 g/mol. The van der Waals surface area contributed by atoms with Crippen molar-refractivity contribution in [2.45, 2.75) is 6.42 Å². The first-order chi connectivity index (χ1) is 9.72. The van der Waals surface area contributed by atoms with Gasteiger partial charge in [-0.3, -0.25) is 4.79 Å². The zero-order chi connectivity index (χ0) is 13.9. The molecule has 3 N–H and O–H groups in total. The van der Waals surface area contributed by atoms with Gasteiger partial charge < -0.3 is 15.5 Å². The molecule has 0 spiro atoms. The topological polar surface area (TPSA) is 68.3 Å². The van der Waals surface area contributed by atoms with Crippen LogP contribution in [-0.4, -0.2) is 12.5 Å². The average Bonchev–Trinajstić information content (AvgIpc) is 3.06. The molecule has 1 aromatic carbocycles. The number of carbonyl (C=O) groups excluding carboxylic acids is 1. The standard InChI is InChI=1S/C15H14N2O2S/c16-11-3-4-13-10(8-11)9-14(19-13)15(18)17-6-5-12-2-1-7-20-12/h1-4,7-9H,5-6,16H2,(H,17,18). The number of furan rings is 1. The number of amides is 1. The molecule has 0 saturated heterocycles. The van der Waals surface area contributed by atoms with Crippen LogP contribution in [0.4, 0.5) is 5.69 Å². The summed E-state index contributed by atoms with van der Waals surface area (Å²) in [5.41, 5.74) is 7.03. The summed E-state index contributed by atoms with van der Waals surface area (Å²) in [5, 5.41) is 5.73. The maximum absolute atomic E-state index is 12.0. The fourth-order valence-corrected chi connectivity index (χ4v) is 2.72. The van der Waals surface area contributed by atoms with Gasteiger partial charge in [0.1, 0.15) is 5.58 Å². The van der Waals surface area contributed by atoms with Gasteiger partial charge in [-0.1, -0.05) is 6.07 Å². The highest BCUT2D eigenvalue weighted by molar-refractivity contribution is 7.09. The number of thiophene rings is 1. The van der Waals surface area contributed by atoms with Crippen molar-refractivity contribution in [1.29, 1.82) is 0 Å². The van der Waals surface area contributed by atoms with Crippen LogP contribution in [0, 0.1) is 0 Å². The van der Waals surface area contributed by atoms with Crippen LogP contribution in [-0.2, 0) is 6.42 Å². The normalized spacial score (nSPS) is 10.8. The van der Waals surface area contributed by atoms with Crippen LogP contribution in [0.5, 0.6) is 0 Å². The van der Waals surface area contributed by atoms with Crippen molar-refractivity contribution in [2.24, 2.45) is 0 Å². The van der Waals surface area contributed by atoms with E-state index in [1.54, 1.807) is 35.6 Å². The summed E-state index contributed by atoms with van der Waals surface area (Å²) in [6.07, 6.45) is 0.830. The van der Waals surface area contributed by atoms with E-state index < -0.39 is 0 Å². The molecule has 0 aliphatic rings. The molecule has 3 rings (SSSR count). The second-order valence-electron chi connectivity index (χ2n) is 4.49. The predicted octanol–water partition coefficient (Wildman–Crippen LogP) is 3.05. The lowest BCUT2D eigenvalue weighted by Gasteiger charge is -2.01. The molecule has 0 fully saturated rings. The Hall–Kier alpha value is -2.27. The van der Waals surface area contributed by atoms with E-state index in [1.807, 2.05) is 11.4 Å². The fourth-order valence-electron chi connectivity index (χ4n) is 2.01. The van der Waals surface area contributed by atoms with Crippen LogP contribution in [0.2, 0.25) is 0 Å². The first kappa shape index (κ1) is 12.7. The lowest BCUT2D eigenvalue weighted by atomic mass is 10.2. The zero-order valence-corrected chi connectivity index (χ0v) is 11.6. The number of benzene rings is 1. The number of nitrogen functional groups attached to an aromatic ring is 1. The Labute approximate surface area is 120 Å². The van der Waals surface area contributed by atoms with Crippen LogP contribution in [0.1, 0.15) is 15.4 Å². The van der Waals surface area contributed by atoms with Crippen molar-refractivity contribution in [2.75, 3.05) is 12.3 Å². The summed E-state index contributed by atoms with van der Waals surface area (Å²) in [5.74, 6) is 0.119. The molecule has 0 radical (unpaired) electrons. The minimum absolute atomic E-state index is 0.198. The number of nitrogens with one attached hydrogen (secondary N) is 1. The monoisotopic (exact) mass is 286 g/mol. The summed E-state index contributed by atoms with van der Waals surface area (Å²) in [6, 6.07) is 11.1. The molecule has 0 unspecified atom stereocenters. The van der Waals surface area contributed by atoms with Gasteiger partial charge in [-0.05, 0) is 42.1 Å². The molecule has 0 aliphatic carbocycles. The quantitative estimate of drug-likeness (QED) is 0.724. The second kappa shape index (κ2) is 5.38. The molecule has 0 aliphatic heterocycles. The molecular formula is C15H14N2O2S. The number of hydrogen-bond donors (Lipinski definition) is 2. The van der Waals surface area contributed by atoms with Crippen LogP contribution >= 0.6 is 11.3 Å². The Morgan fingerprint density at radius 3 is 3.00 bits per heavy atom. The van der Waals surface area contributed by atoms with Gasteiger partial charge in [-0.15, -0.1) is 11.3 Å². The Morgan fingerprint density at radius 2 is 2.20 bits per heavy atom. The minimum Gasteiger partial charge on any atom is -0.451 e. The molecule has 0 bridgehead atoms. The molecule has 2 heterocycles. The van der Waals surface area contributed by atoms with Crippen molar-refractivity contribution >= 4 is 33.9 Å². The first-order valence-electron chi connectivity index (χ1n) is 6.32. The Morgan fingerprint density at radius 1 is 1.30 bits per heavy atom. The largest absolute Gasteiger partial charge is 0.451 e. The smallest absolute Gasteiger partial charge is 0.287 e. The molecule has 1 amide bonds. The number of hydrogen-bond acceptors (Lipinski definition) is 4. The maximum Gasteiger partial charge on any atom is 0.287 e. The summed E-state index contributed by atoms with van der Waals surface area (Å²) in [7, 11) is 0. The van der Waals surface area contributed by atoms with Crippen LogP contribution in [0.15, 0.2) is 46.2 Å². The van der Waals surface area contributed by atoms with Crippen molar-refractivity contribution in [1.82, 2.24) is 5.32 Å². The molecule has 0 saturated carbocycles. The van der Waals surface area contributed by atoms with Crippen molar-refractivity contribution < 1.29 is 9.21 Å². The van der Waals surface area contributed by atoms with E-state index in [-0.39, 0.29) is 5.91 Å². The lowest BCUT2D eigenvalue weighted by molar-refractivity contribution is 0.0928. The number of rotatable bonds is 4. The first-order valence-corrected chi connectivity index (χ1v) is 7.20. The van der Waals surface area contributed by atoms with Crippen molar-refractivity contribution in [3.63, 3.8) is 0 Å². The maximum atomic E-state index is 12.0. The summed E-state index contributed by atoms with van der Waals surface area (Å²) in [6.45, 7) is 0.596. The van der Waals surface area contributed by atoms with Gasteiger partial charge in [0.2, 0.25) is 0 Å². The SMILES string of the molecule is Nc1ccc2oc(C(=O)NCCc3cccs3)cc2c1. The van der Waals surface area contributed by atoms with E-state index in [4.69, 9.17) is 10.2 Å². The summed E-state index contributed by atoms with van der Waals surface area (Å²) >= 11 is 1.69. The molecule has 3 aromatic rings. The van der Waals surface area contributed by atoms with Gasteiger partial charge in [-0.2, -0.15) is 0 Å². The van der Waals surface area contributed by atoms with Crippen molar-refractivity contribution in [3.8, 4) is 0 Å². The summed E-state index contributed by atoms with van der Waals surface area (Å²) < 4.78 is 5.51. The van der Waals surface area contributed by atoms with Gasteiger partial charge in [0, 0.05) is 22.5 Å². The van der Waals surface area contributed by atoms with Crippen LogP contribution in [0.3, 0.4) is 0 Å². The Kier molecular flexibility index (Phi) is 3.43. The van der Waals surface area contributed by atoms with Gasteiger partial charge in [-0.25, -0.2) is 0 Å². The van der Waals surface area contributed by atoms with E-state index >= 15 is 0 Å². The van der Waals surface area contributed by atoms with Crippen molar-refractivity contribution in [3.05, 3.63) is 52.4 Å². The second-order valence-corrected chi connectivity index (χ2v) is 5.53. The molecule has 20 heavy (non-hydrogen) atoms. The highest BCUT2D eigenvalue weighted by atomic mass is 32.1. The Balaban J connectivity index is 1.66. The number of fused-ring (bicyclic) bond motifs is 1. The third-order valence-electron chi connectivity index (χ3n) is 3.00. The van der Waals surface area contributed by atoms with E-state index in [0.717, 1.165) is 11.8 Å². The minimum atomic E-state index is -0.198. The van der Waals surface area contributed by atoms with Gasteiger partial charge >= 0.3 is 0 Å². The highest BCUT2D eigenvalue weighted by Gasteiger charge is 2.11. The van der Waals surface area contributed by atoms with E-state index in [1.165, 1.54) is 4.88 Å². The third-order valence-corrected chi connectivity index (χ3v) is 3.94. The molecule has 4 nitrogen and oxygen atoms in total. The zero-order valence-electron chi connectivity index (χ0n) is 10.8. The van der Waals surface area contributed by atoms with Crippen LogP contribution < -0.4 is 11.1 Å². The molecule has 102 valence electrons. The van der Waals surface area contributed by atoms with Gasteiger partial charge in [0.05, 0.1) is 0 Å². The number of anilines is 1. The van der Waals surface area contributed by atoms with E-state index in [2.05, 4.69) is 11.4 Å². The molecule has 5 heteroatoms. The van der Waals surface area contributed by atoms with Gasteiger partial charge in [0.25, 0.3) is 5.91 Å². The highest BCUT2D eigenvalue weighted by Crippen LogP contribution is 2.21. The number of nitrogens with two attached hydrogens (primary N) is 1. The molecule has 2 aromatic heterocycles. The van der Waals surface area contributed by atoms with Crippen LogP contribution in [0.25, 0.3) is 11.0 Å². The average molecular weight is 286 g/mol. The Bertz CT molecular complexity index is 732. The molecule has 0 atom stereocenters. The lowest BCUT2D eigenvalue weighted by Crippen LogP contribution is -2.24. The summed E-state index contributed by atoms with van der Waals surface area (Å²) in [4.78, 5) is 13.2. The fraction of sp³-hybridized carbons (Fsp3) is 0.133. The van der Waals surface area contributed by atoms with Gasteiger partial charge in [0.15, 0.2) is 5.76 Å². The van der Waals surface area contributed by atoms with E-state index in [9.17, 15) is 4.79 Å². The predicted molar refractivity (Wildman–Crippen MR) is 81.0 cm³/mol. The number of carbonyl (C=O) groups is 1. The third kappa shape index (κ3) is 2.67. The van der Waals surface area contributed by atoms with E-state index in [0.29, 0.717) is 23.6 Å².